The first-order chi connectivity index (χ1) is 14.0. The van der Waals surface area contributed by atoms with Gasteiger partial charge in [-0.25, -0.2) is 9.97 Å². The second kappa shape index (κ2) is 6.77. The number of pyridine rings is 1. The van der Waals surface area contributed by atoms with Gasteiger partial charge in [0.05, 0.1) is 23.6 Å². The molecule has 0 unspecified atom stereocenters. The Morgan fingerprint density at radius 3 is 2.90 bits per heavy atom. The molecule has 0 bridgehead atoms. The number of carbonyl (C=O) groups is 1. The highest BCUT2D eigenvalue weighted by atomic mass is 16.5. The maximum absolute atomic E-state index is 13.2. The van der Waals surface area contributed by atoms with Crippen molar-refractivity contribution in [3.8, 4) is 5.69 Å². The molecule has 0 N–H and O–H groups in total. The molecule has 9 nitrogen and oxygen atoms in total. The minimum absolute atomic E-state index is 0.0603. The normalized spacial score (nSPS) is 24.6. The van der Waals surface area contributed by atoms with Gasteiger partial charge in [0.15, 0.2) is 5.82 Å². The van der Waals surface area contributed by atoms with Crippen molar-refractivity contribution in [2.45, 2.75) is 18.8 Å². The lowest BCUT2D eigenvalue weighted by atomic mass is 9.72. The van der Waals surface area contributed by atoms with Crippen molar-refractivity contribution in [3.63, 3.8) is 0 Å². The minimum Gasteiger partial charge on any atom is -0.339 e. The number of hydrogen-bond acceptors (Lipinski definition) is 7. The topological polar surface area (TPSA) is 93.2 Å². The van der Waals surface area contributed by atoms with Gasteiger partial charge in [-0.2, -0.15) is 4.98 Å². The molecule has 0 radical (unpaired) electrons. The predicted molar refractivity (Wildman–Crippen MR) is 104 cm³/mol. The third-order valence-electron chi connectivity index (χ3n) is 6.18. The highest BCUT2D eigenvalue weighted by molar-refractivity contribution is 5.92. The van der Waals surface area contributed by atoms with Gasteiger partial charge in [-0.1, -0.05) is 5.16 Å². The lowest BCUT2D eigenvalue weighted by Gasteiger charge is -2.39. The number of imidazole rings is 1. The van der Waals surface area contributed by atoms with Crippen LogP contribution in [-0.2, 0) is 5.41 Å². The van der Waals surface area contributed by atoms with Crippen LogP contribution in [0.25, 0.3) is 5.69 Å². The lowest BCUT2D eigenvalue weighted by molar-refractivity contribution is 0.0772. The number of carbonyl (C=O) groups excluding carboxylic acids is 1. The number of amides is 1. The molecule has 2 atom stereocenters. The van der Waals surface area contributed by atoms with Gasteiger partial charge < -0.3 is 18.9 Å². The monoisotopic (exact) mass is 393 g/mol. The molecule has 9 heteroatoms. The zero-order valence-corrected chi connectivity index (χ0v) is 16.5. The van der Waals surface area contributed by atoms with E-state index in [9.17, 15) is 4.79 Å². The van der Waals surface area contributed by atoms with E-state index in [2.05, 4.69) is 32.1 Å². The average Bonchev–Trinajstić information content (AvgIpc) is 3.47. The number of aromatic nitrogens is 5. The minimum atomic E-state index is -0.278. The lowest BCUT2D eigenvalue weighted by Crippen LogP contribution is -2.48. The molecule has 1 amide bonds. The number of nitrogens with zero attached hydrogens (tertiary/aromatic N) is 7. The Morgan fingerprint density at radius 2 is 2.21 bits per heavy atom. The highest BCUT2D eigenvalue weighted by Gasteiger charge is 2.54. The number of aryl methyl sites for hydroxylation is 1. The zero-order chi connectivity index (χ0) is 20.0. The van der Waals surface area contributed by atoms with Crippen molar-refractivity contribution in [1.29, 1.82) is 0 Å². The van der Waals surface area contributed by atoms with E-state index in [1.165, 1.54) is 0 Å². The Labute approximate surface area is 168 Å². The van der Waals surface area contributed by atoms with Crippen molar-refractivity contribution >= 4 is 5.91 Å². The van der Waals surface area contributed by atoms with Crippen molar-refractivity contribution in [1.82, 2.24) is 34.5 Å². The van der Waals surface area contributed by atoms with Gasteiger partial charge in [-0.15, -0.1) is 0 Å². The van der Waals surface area contributed by atoms with Crippen LogP contribution in [0.15, 0.2) is 41.6 Å². The maximum Gasteiger partial charge on any atom is 0.272 e. The average molecular weight is 393 g/mol. The van der Waals surface area contributed by atoms with Crippen LogP contribution in [0.3, 0.4) is 0 Å². The largest absolute Gasteiger partial charge is 0.339 e. The van der Waals surface area contributed by atoms with Gasteiger partial charge in [0.1, 0.15) is 5.69 Å². The number of piperidine rings is 1. The van der Waals surface area contributed by atoms with Crippen LogP contribution in [0, 0.1) is 12.8 Å². The Bertz CT molecular complexity index is 1010. The predicted octanol–water partition coefficient (Wildman–Crippen LogP) is 1.30. The molecule has 2 fully saturated rings. The van der Waals surface area contributed by atoms with Crippen LogP contribution in [0.1, 0.15) is 28.6 Å². The Hall–Kier alpha value is -3.07. The molecule has 150 valence electrons. The molecular weight excluding hydrogens is 370 g/mol. The fraction of sp³-hybridized carbons (Fsp3) is 0.450. The summed E-state index contributed by atoms with van der Waals surface area (Å²) < 4.78 is 7.45. The number of fused-ring (bicyclic) bond motifs is 1. The van der Waals surface area contributed by atoms with Crippen LogP contribution >= 0.6 is 0 Å². The third-order valence-corrected chi connectivity index (χ3v) is 6.18. The van der Waals surface area contributed by atoms with E-state index >= 15 is 0 Å². The number of rotatable bonds is 3. The van der Waals surface area contributed by atoms with Crippen molar-refractivity contribution in [2.75, 3.05) is 33.2 Å². The molecule has 2 saturated heterocycles. The molecule has 0 saturated carbocycles. The van der Waals surface area contributed by atoms with Crippen LogP contribution < -0.4 is 0 Å². The van der Waals surface area contributed by atoms with Gasteiger partial charge in [-0.05, 0) is 39.1 Å². The summed E-state index contributed by atoms with van der Waals surface area (Å²) in [5, 5.41) is 4.01. The summed E-state index contributed by atoms with van der Waals surface area (Å²) in [5.41, 5.74) is 1.03. The SMILES string of the molecule is Cc1noc([C@]23CCN(C)C[C@H]2CN(C(=O)c2ccc(-n4ccnc4)cn2)C3)n1. The molecule has 5 heterocycles. The van der Waals surface area contributed by atoms with E-state index in [0.29, 0.717) is 30.5 Å². The van der Waals surface area contributed by atoms with Crippen molar-refractivity contribution in [2.24, 2.45) is 5.92 Å². The number of hydrogen-bond donors (Lipinski definition) is 0. The van der Waals surface area contributed by atoms with Crippen LogP contribution in [0.5, 0.6) is 0 Å². The van der Waals surface area contributed by atoms with Gasteiger partial charge in [0.25, 0.3) is 5.91 Å². The highest BCUT2D eigenvalue weighted by Crippen LogP contribution is 2.44. The van der Waals surface area contributed by atoms with E-state index in [1.54, 1.807) is 24.8 Å². The quantitative estimate of drug-likeness (QED) is 0.662. The molecule has 0 aromatic carbocycles. The zero-order valence-electron chi connectivity index (χ0n) is 16.5. The van der Waals surface area contributed by atoms with Gasteiger partial charge in [0, 0.05) is 37.9 Å². The van der Waals surface area contributed by atoms with Crippen molar-refractivity contribution in [3.05, 3.63) is 54.5 Å². The summed E-state index contributed by atoms with van der Waals surface area (Å²) in [6.07, 6.45) is 7.85. The smallest absolute Gasteiger partial charge is 0.272 e. The first-order valence-corrected chi connectivity index (χ1v) is 9.78. The fourth-order valence-corrected chi connectivity index (χ4v) is 4.59. The van der Waals surface area contributed by atoms with Crippen LogP contribution in [-0.4, -0.2) is 73.6 Å². The summed E-state index contributed by atoms with van der Waals surface area (Å²) >= 11 is 0. The van der Waals surface area contributed by atoms with E-state index in [1.807, 2.05) is 28.7 Å². The molecule has 0 aliphatic carbocycles. The second-order valence-electron chi connectivity index (χ2n) is 8.07. The van der Waals surface area contributed by atoms with Crippen LogP contribution in [0.2, 0.25) is 0 Å². The Kier molecular flexibility index (Phi) is 4.20. The van der Waals surface area contributed by atoms with E-state index in [0.717, 1.165) is 25.2 Å². The maximum atomic E-state index is 13.2. The third kappa shape index (κ3) is 3.02. The summed E-state index contributed by atoms with van der Waals surface area (Å²) in [7, 11) is 2.11. The first-order valence-electron chi connectivity index (χ1n) is 9.78. The number of likely N-dealkylation sites (tertiary alicyclic amines) is 2. The summed E-state index contributed by atoms with van der Waals surface area (Å²) in [4.78, 5) is 30.4. The van der Waals surface area contributed by atoms with E-state index in [-0.39, 0.29) is 17.2 Å². The van der Waals surface area contributed by atoms with Crippen LogP contribution in [0.4, 0.5) is 0 Å². The summed E-state index contributed by atoms with van der Waals surface area (Å²) in [5.74, 6) is 1.49. The molecule has 3 aromatic heterocycles. The van der Waals surface area contributed by atoms with E-state index in [4.69, 9.17) is 4.52 Å². The molecule has 2 aliphatic heterocycles. The van der Waals surface area contributed by atoms with Gasteiger partial charge in [-0.3, -0.25) is 4.79 Å². The molecule has 0 spiro atoms. The fourth-order valence-electron chi connectivity index (χ4n) is 4.59. The molecule has 29 heavy (non-hydrogen) atoms. The van der Waals surface area contributed by atoms with Gasteiger partial charge in [0.2, 0.25) is 5.89 Å². The molecular formula is C20H23N7O2. The summed E-state index contributed by atoms with van der Waals surface area (Å²) in [6.45, 7) is 4.92. The molecule has 2 aliphatic rings. The molecule has 3 aromatic rings. The Balaban J connectivity index is 1.41. The Morgan fingerprint density at radius 1 is 1.31 bits per heavy atom. The first kappa shape index (κ1) is 18.0. The molecule has 5 rings (SSSR count). The van der Waals surface area contributed by atoms with E-state index < -0.39 is 0 Å². The van der Waals surface area contributed by atoms with Crippen molar-refractivity contribution < 1.29 is 9.32 Å². The van der Waals surface area contributed by atoms with Gasteiger partial charge >= 0.3 is 0 Å². The summed E-state index contributed by atoms with van der Waals surface area (Å²) in [6, 6.07) is 3.66. The second-order valence-corrected chi connectivity index (χ2v) is 8.07. The standard InChI is InChI=1S/C20H23N7O2/c1-14-23-19(29-24-14)20-5-7-25(2)10-15(20)11-27(12-20)18(28)17-4-3-16(9-22-17)26-8-6-21-13-26/h3-4,6,8-9,13,15H,5,7,10-12H2,1-2H3/t15-,20-/m0/s1.